The number of amides is 2. The lowest BCUT2D eigenvalue weighted by atomic mass is 9.59. The zero-order chi connectivity index (χ0) is 73.5. The number of nitro benzene ring substituents is 1. The topological polar surface area (TPSA) is 234 Å². The number of carbonyl (C=O) groups excluding carboxylic acids is 5. The van der Waals surface area contributed by atoms with E-state index in [1.807, 2.05) is 84.9 Å². The number of rotatable bonds is 23. The molecule has 0 heterocycles. The van der Waals surface area contributed by atoms with Gasteiger partial charge in [0.25, 0.3) is 5.69 Å². The van der Waals surface area contributed by atoms with Crippen molar-refractivity contribution < 1.29 is 57.3 Å². The van der Waals surface area contributed by atoms with Crippen LogP contribution >= 0.6 is 0 Å². The Hall–Kier alpha value is -8.57. The molecule has 3 saturated carbocycles. The molecule has 6 bridgehead atoms. The fourth-order valence-corrected chi connectivity index (χ4v) is 17.5. The number of nitro groups is 1. The Morgan fingerprint density at radius 3 is 1.26 bits per heavy atom. The summed E-state index contributed by atoms with van der Waals surface area (Å²) in [5.74, 6) is 2.73. The van der Waals surface area contributed by atoms with Gasteiger partial charge in [0.1, 0.15) is 36.2 Å². The Morgan fingerprint density at radius 1 is 0.452 bits per heavy atom. The van der Waals surface area contributed by atoms with E-state index in [0.717, 1.165) is 119 Å². The minimum Gasteiger partial charge on any atom is -0.445 e. The first-order valence-electron chi connectivity index (χ1n) is 39.0. The van der Waals surface area contributed by atoms with Crippen LogP contribution in [0.3, 0.4) is 0 Å². The van der Waals surface area contributed by atoms with Gasteiger partial charge >= 0.3 is 30.3 Å². The molecule has 0 radical (unpaired) electrons. The molecule has 6 aliphatic rings. The van der Waals surface area contributed by atoms with Crippen LogP contribution in [-0.2, 0) is 67.8 Å². The van der Waals surface area contributed by atoms with Gasteiger partial charge in [-0.25, -0.2) is 14.4 Å². The number of benzene rings is 6. The summed E-state index contributed by atoms with van der Waals surface area (Å²) in [7, 11) is 0. The number of esters is 2. The minimum atomic E-state index is -0.940. The van der Waals surface area contributed by atoms with E-state index < -0.39 is 17.2 Å². The second kappa shape index (κ2) is 37.9. The van der Waals surface area contributed by atoms with E-state index in [-0.39, 0.29) is 83.0 Å². The fraction of sp³-hybridized carbons (Fsp3) is 0.529. The Morgan fingerprint density at radius 2 is 0.827 bits per heavy atom. The maximum Gasteiger partial charge on any atom is 0.519 e. The van der Waals surface area contributed by atoms with Crippen molar-refractivity contribution in [1.82, 2.24) is 10.6 Å². The van der Waals surface area contributed by atoms with Gasteiger partial charge in [-0.1, -0.05) is 223 Å². The molecule has 12 rings (SSSR count). The summed E-state index contributed by atoms with van der Waals surface area (Å²) in [6.07, 6.45) is 30.2. The number of hydrogen-bond acceptors (Lipinski definition) is 14. The lowest BCUT2D eigenvalue weighted by Gasteiger charge is -2.49. The van der Waals surface area contributed by atoms with E-state index in [1.54, 1.807) is 6.07 Å². The van der Waals surface area contributed by atoms with Crippen LogP contribution in [0.5, 0.6) is 23.0 Å². The average Bonchev–Trinajstić information content (AvgIpc) is 0.759. The van der Waals surface area contributed by atoms with E-state index >= 15 is 0 Å². The Bertz CT molecular complexity index is 3810. The molecule has 9 atom stereocenters. The highest BCUT2D eigenvalue weighted by Gasteiger charge is 2.49. The summed E-state index contributed by atoms with van der Waals surface area (Å²) in [5, 5.41) is 17.3. The Balaban J connectivity index is 0.000000171. The summed E-state index contributed by atoms with van der Waals surface area (Å²) < 4.78 is 33.4. The van der Waals surface area contributed by atoms with Gasteiger partial charge in [0, 0.05) is 59.3 Å². The first kappa shape index (κ1) is 78.0. The van der Waals surface area contributed by atoms with Crippen LogP contribution in [0.25, 0.3) is 0 Å². The SMILES string of the molecule is CCCCCCCC(=O)Oc1ccc2c(c1)[C@@]1(C)CCCCC[C@@H](C2)[C@@H]1N.CCCCCCCC(=O)Oc1ccc2c(c1)[C@@]1(C)CCCCC[C@@H](C2)[C@@H]1NC(=O)OCc1ccccc1.C[C@@]12CCCCC[C@@H](Cc3ccc(OC(=O)Oc4ccc([N+](=O)[O-])cc4)cc31)[C@@H]2NC(=O)OCc1ccccc1. The molecule has 4 N–H and O–H groups in total. The van der Waals surface area contributed by atoms with Gasteiger partial charge in [0.2, 0.25) is 0 Å². The third-order valence-corrected chi connectivity index (χ3v) is 23.3. The normalized spacial score (nSPS) is 23.5. The van der Waals surface area contributed by atoms with Crippen molar-refractivity contribution in [3.8, 4) is 23.0 Å². The lowest BCUT2D eigenvalue weighted by molar-refractivity contribution is -0.384. The van der Waals surface area contributed by atoms with Crippen molar-refractivity contribution in [2.75, 3.05) is 0 Å². The van der Waals surface area contributed by atoms with Crippen LogP contribution in [0.2, 0.25) is 0 Å². The summed E-state index contributed by atoms with van der Waals surface area (Å²) >= 11 is 0. The average molecular weight is 1420 g/mol. The predicted molar refractivity (Wildman–Crippen MR) is 405 cm³/mol. The van der Waals surface area contributed by atoms with Gasteiger partial charge in [0.05, 0.1) is 4.92 Å². The van der Waals surface area contributed by atoms with Gasteiger partial charge in [0.15, 0.2) is 0 Å². The maximum atomic E-state index is 13.0. The number of non-ortho nitro benzene ring substituents is 1. The molecule has 0 aromatic heterocycles. The maximum absolute atomic E-state index is 13.0. The number of carbonyl (C=O) groups is 5. The molecule has 6 aromatic carbocycles. The summed E-state index contributed by atoms with van der Waals surface area (Å²) in [4.78, 5) is 73.5. The van der Waals surface area contributed by atoms with Crippen molar-refractivity contribution in [1.29, 1.82) is 0 Å². The Labute approximate surface area is 616 Å². The van der Waals surface area contributed by atoms with Crippen molar-refractivity contribution >= 4 is 36.0 Å². The molecule has 6 aromatic rings. The fourth-order valence-electron chi connectivity index (χ4n) is 17.5. The molecule has 0 saturated heterocycles. The highest BCUT2D eigenvalue weighted by Crippen LogP contribution is 2.51. The number of ether oxygens (including phenoxy) is 6. The first-order chi connectivity index (χ1) is 50.3. The van der Waals surface area contributed by atoms with E-state index in [9.17, 15) is 34.1 Å². The number of hydrogen-bond donors (Lipinski definition) is 3. The number of alkyl carbamates (subject to hydrolysis) is 2. The van der Waals surface area contributed by atoms with Gasteiger partial charge in [-0.05, 0) is 181 Å². The van der Waals surface area contributed by atoms with E-state index in [2.05, 4.69) is 69.5 Å². The van der Waals surface area contributed by atoms with Crippen LogP contribution in [0.4, 0.5) is 20.1 Å². The zero-order valence-electron chi connectivity index (χ0n) is 62.2. The molecular weight excluding hydrogens is 1310 g/mol. The monoisotopic (exact) mass is 1420 g/mol. The van der Waals surface area contributed by atoms with Crippen LogP contribution < -0.4 is 35.3 Å². The minimum absolute atomic E-state index is 0.00123. The molecule has 17 heteroatoms. The van der Waals surface area contributed by atoms with Crippen LogP contribution in [0.15, 0.2) is 140 Å². The largest absolute Gasteiger partial charge is 0.519 e. The van der Waals surface area contributed by atoms with E-state index in [0.29, 0.717) is 41.9 Å². The van der Waals surface area contributed by atoms with Crippen LogP contribution in [0.1, 0.15) is 252 Å². The molecule has 6 aliphatic carbocycles. The third-order valence-electron chi connectivity index (χ3n) is 23.3. The summed E-state index contributed by atoms with van der Waals surface area (Å²) in [6, 6.07) is 42.6. The number of nitrogens with two attached hydrogens (primary N) is 1. The second-order valence-electron chi connectivity index (χ2n) is 30.8. The number of nitrogens with zero attached hydrogens (tertiary/aromatic N) is 1. The molecule has 558 valence electrons. The highest BCUT2D eigenvalue weighted by molar-refractivity contribution is 5.74. The highest BCUT2D eigenvalue weighted by atomic mass is 16.7. The predicted octanol–water partition coefficient (Wildman–Crippen LogP) is 20.2. The van der Waals surface area contributed by atoms with E-state index in [1.165, 1.54) is 129 Å². The molecule has 0 spiro atoms. The molecular formula is C87H112N4O13. The van der Waals surface area contributed by atoms with Crippen molar-refractivity contribution in [3.63, 3.8) is 0 Å². The number of unbranched alkanes of at least 4 members (excludes halogenated alkanes) is 8. The smallest absolute Gasteiger partial charge is 0.445 e. The number of fused-ring (bicyclic) bond motifs is 12. The Kier molecular flexibility index (Phi) is 28.5. The van der Waals surface area contributed by atoms with Crippen LogP contribution in [-0.4, -0.2) is 53.3 Å². The molecule has 17 nitrogen and oxygen atoms in total. The van der Waals surface area contributed by atoms with Crippen LogP contribution in [0, 0.1) is 27.9 Å². The van der Waals surface area contributed by atoms with Crippen molar-refractivity contribution in [2.24, 2.45) is 23.5 Å². The zero-order valence-corrected chi connectivity index (χ0v) is 62.2. The second-order valence-corrected chi connectivity index (χ2v) is 30.8. The summed E-state index contributed by atoms with van der Waals surface area (Å²) in [5.41, 5.74) is 15.4. The standard InChI is InChI=1S/C32H43NO4.C31H32N2O7.C24H37NO2/c1-3-4-5-6-12-17-29(34)37-27-19-18-25-21-26-16-11-8-13-20-32(2,28(25)22-27)30(26)33-31(35)36-23-24-14-9-7-10-15-24;1-31-17-7-3-6-10-23(28(31)32-29(34)38-20-21-8-4-2-5-9-21)18-22-11-14-26(19-27(22)31)40-30(35)39-25-15-12-24(13-16-25)33(36)37;1-3-4-5-6-9-12-22(26)27-20-14-13-18-16-19-11-8-7-10-15-24(2,23(19)25)21(18)17-20/h7,9-10,14-15,18-19,22,26,30H,3-6,8,11-13,16-17,20-21,23H2,1-2H3,(H,33,35);2,4-5,8-9,11-16,19,23,28H,3,6-7,10,17-18,20H2,1H3,(H,32,34);13-14,17,19,23H,3-12,15-16,25H2,1-2H3/t26-,30-,32+;23-,28-,31+;19-,23-,24+/m000/s1. The molecule has 0 aliphatic heterocycles. The van der Waals surface area contributed by atoms with Gasteiger partial charge < -0.3 is 44.8 Å². The van der Waals surface area contributed by atoms with Crippen molar-refractivity contribution in [2.45, 2.75) is 275 Å². The van der Waals surface area contributed by atoms with Gasteiger partial charge in [-0.15, -0.1) is 0 Å². The number of nitrogens with one attached hydrogen (secondary N) is 2. The summed E-state index contributed by atoms with van der Waals surface area (Å²) in [6.45, 7) is 11.6. The molecule has 3 fully saturated rings. The quantitative estimate of drug-likeness (QED) is 0.0135. The molecule has 104 heavy (non-hydrogen) atoms. The molecule has 0 unspecified atom stereocenters. The van der Waals surface area contributed by atoms with E-state index in [4.69, 9.17) is 34.2 Å². The third kappa shape index (κ3) is 20.9. The van der Waals surface area contributed by atoms with Gasteiger partial charge in [-0.2, -0.15) is 0 Å². The van der Waals surface area contributed by atoms with Crippen molar-refractivity contribution in [3.05, 3.63) is 194 Å². The molecule has 2 amide bonds. The van der Waals surface area contributed by atoms with Gasteiger partial charge in [-0.3, -0.25) is 19.7 Å². The first-order valence-corrected chi connectivity index (χ1v) is 39.0. The lowest BCUT2D eigenvalue weighted by Crippen LogP contribution is -2.57.